The lowest BCUT2D eigenvalue weighted by Gasteiger charge is -1.98. The van der Waals surface area contributed by atoms with Gasteiger partial charge in [0.05, 0.1) is 18.1 Å². The smallest absolute Gasteiger partial charge is 0.350 e. The molecule has 0 bridgehead atoms. The molecule has 2 heterocycles. The topological polar surface area (TPSA) is 81.4 Å². The zero-order chi connectivity index (χ0) is 16.1. The number of aryl methyl sites for hydroxylation is 1. The molecule has 0 saturated carbocycles. The van der Waals surface area contributed by atoms with Crippen molar-refractivity contribution in [3.63, 3.8) is 0 Å². The van der Waals surface area contributed by atoms with E-state index < -0.39 is 11.9 Å². The molecule has 22 heavy (non-hydrogen) atoms. The Morgan fingerprint density at radius 2 is 2.23 bits per heavy atom. The van der Waals surface area contributed by atoms with Gasteiger partial charge in [-0.05, 0) is 32.2 Å². The summed E-state index contributed by atoms with van der Waals surface area (Å²) >= 11 is 2.69. The lowest BCUT2D eigenvalue weighted by molar-refractivity contribution is 0.0531. The number of amides is 1. The standard InChI is InChI=1S/C14H16N2O4S2/c1-4-19-13(18)11-8(2)15-14(22-11)16-12(17)10-6-5-9(20-10)7-21-3/h5-6H,4,7H2,1-3H3,(H,15,16,17). The Labute approximate surface area is 136 Å². The van der Waals surface area contributed by atoms with E-state index in [9.17, 15) is 9.59 Å². The number of thioether (sulfide) groups is 1. The molecule has 0 aromatic carbocycles. The van der Waals surface area contributed by atoms with Gasteiger partial charge in [0.2, 0.25) is 0 Å². The van der Waals surface area contributed by atoms with Gasteiger partial charge in [0.15, 0.2) is 10.9 Å². The number of ether oxygens (including phenoxy) is 1. The minimum atomic E-state index is -0.432. The Hall–Kier alpha value is -1.80. The average Bonchev–Trinajstić information content (AvgIpc) is 3.06. The van der Waals surface area contributed by atoms with Crippen LogP contribution in [0.15, 0.2) is 16.5 Å². The van der Waals surface area contributed by atoms with E-state index in [-0.39, 0.29) is 5.76 Å². The number of nitrogens with one attached hydrogen (secondary N) is 1. The number of esters is 1. The van der Waals surface area contributed by atoms with Crippen molar-refractivity contribution in [3.8, 4) is 0 Å². The number of hydrogen-bond donors (Lipinski definition) is 1. The Bertz CT molecular complexity index is 678. The highest BCUT2D eigenvalue weighted by Crippen LogP contribution is 2.24. The fraction of sp³-hybridized carbons (Fsp3) is 0.357. The molecule has 8 heteroatoms. The number of hydrogen-bond acceptors (Lipinski definition) is 7. The van der Waals surface area contributed by atoms with Crippen LogP contribution >= 0.6 is 23.1 Å². The van der Waals surface area contributed by atoms with Gasteiger partial charge in [-0.15, -0.1) is 0 Å². The normalized spacial score (nSPS) is 10.5. The third-order valence-corrected chi connectivity index (χ3v) is 4.28. The second kappa shape index (κ2) is 7.46. The number of carbonyl (C=O) groups is 2. The summed E-state index contributed by atoms with van der Waals surface area (Å²) in [6, 6.07) is 3.39. The maximum atomic E-state index is 12.1. The molecule has 1 amide bonds. The SMILES string of the molecule is CCOC(=O)c1sc(NC(=O)c2ccc(CSC)o2)nc1C. The van der Waals surface area contributed by atoms with Crippen LogP contribution in [0.4, 0.5) is 5.13 Å². The summed E-state index contributed by atoms with van der Waals surface area (Å²) in [6.07, 6.45) is 1.96. The Balaban J connectivity index is 2.08. The molecule has 2 aromatic rings. The molecule has 0 atom stereocenters. The lowest BCUT2D eigenvalue weighted by atomic mass is 10.4. The Kier molecular flexibility index (Phi) is 5.62. The van der Waals surface area contributed by atoms with Gasteiger partial charge < -0.3 is 9.15 Å². The third-order valence-electron chi connectivity index (χ3n) is 2.65. The van der Waals surface area contributed by atoms with Gasteiger partial charge in [0.1, 0.15) is 10.6 Å². The molecule has 0 radical (unpaired) electrons. The molecule has 1 N–H and O–H groups in total. The van der Waals surface area contributed by atoms with Gasteiger partial charge in [-0.25, -0.2) is 9.78 Å². The van der Waals surface area contributed by atoms with Crippen molar-refractivity contribution in [2.24, 2.45) is 0 Å². The first-order valence-electron chi connectivity index (χ1n) is 6.58. The van der Waals surface area contributed by atoms with Crippen LogP contribution in [0.3, 0.4) is 0 Å². The molecular formula is C14H16N2O4S2. The van der Waals surface area contributed by atoms with Crippen LogP contribution in [0.5, 0.6) is 0 Å². The van der Waals surface area contributed by atoms with Crippen LogP contribution in [0.25, 0.3) is 0 Å². The molecule has 118 valence electrons. The van der Waals surface area contributed by atoms with E-state index in [1.807, 2.05) is 6.26 Å². The molecule has 2 rings (SSSR count). The molecule has 6 nitrogen and oxygen atoms in total. The van der Waals surface area contributed by atoms with E-state index in [1.165, 1.54) is 0 Å². The maximum absolute atomic E-state index is 12.1. The number of anilines is 1. The van der Waals surface area contributed by atoms with Crippen molar-refractivity contribution in [2.45, 2.75) is 19.6 Å². The predicted octanol–water partition coefficient (Wildman–Crippen LogP) is 3.34. The summed E-state index contributed by atoms with van der Waals surface area (Å²) in [4.78, 5) is 28.4. The van der Waals surface area contributed by atoms with Crippen LogP contribution in [0, 0.1) is 6.92 Å². The number of rotatable bonds is 6. The fourth-order valence-corrected chi connectivity index (χ4v) is 3.01. The first-order valence-corrected chi connectivity index (χ1v) is 8.79. The van der Waals surface area contributed by atoms with Gasteiger partial charge in [-0.2, -0.15) is 11.8 Å². The van der Waals surface area contributed by atoms with Crippen LogP contribution < -0.4 is 5.32 Å². The zero-order valence-electron chi connectivity index (χ0n) is 12.5. The molecule has 0 aliphatic carbocycles. The van der Waals surface area contributed by atoms with Crippen LogP contribution in [0.1, 0.15) is 38.6 Å². The summed E-state index contributed by atoms with van der Waals surface area (Å²) in [6.45, 7) is 3.73. The van der Waals surface area contributed by atoms with E-state index in [0.29, 0.717) is 28.1 Å². The summed E-state index contributed by atoms with van der Waals surface area (Å²) in [5.74, 6) is 0.834. The van der Waals surface area contributed by atoms with E-state index in [1.54, 1.807) is 37.7 Å². The second-order valence-electron chi connectivity index (χ2n) is 4.31. The van der Waals surface area contributed by atoms with Gasteiger partial charge in [0, 0.05) is 0 Å². The summed E-state index contributed by atoms with van der Waals surface area (Å²) in [5.41, 5.74) is 0.529. The van der Waals surface area contributed by atoms with Crippen molar-refractivity contribution in [1.29, 1.82) is 0 Å². The van der Waals surface area contributed by atoms with Crippen molar-refractivity contribution in [2.75, 3.05) is 18.2 Å². The molecule has 0 fully saturated rings. The largest absolute Gasteiger partial charge is 0.462 e. The van der Waals surface area contributed by atoms with Crippen molar-refractivity contribution in [1.82, 2.24) is 4.98 Å². The fourth-order valence-electron chi connectivity index (χ4n) is 1.71. The monoisotopic (exact) mass is 340 g/mol. The van der Waals surface area contributed by atoms with Crippen LogP contribution in [-0.2, 0) is 10.5 Å². The second-order valence-corrected chi connectivity index (χ2v) is 6.17. The number of aromatic nitrogens is 1. The number of carbonyl (C=O) groups excluding carboxylic acids is 2. The molecule has 0 aliphatic rings. The van der Waals surface area contributed by atoms with E-state index in [2.05, 4.69) is 10.3 Å². The van der Waals surface area contributed by atoms with Crippen LogP contribution in [0.2, 0.25) is 0 Å². The van der Waals surface area contributed by atoms with E-state index in [4.69, 9.17) is 9.15 Å². The van der Waals surface area contributed by atoms with Crippen molar-refractivity contribution < 1.29 is 18.7 Å². The number of nitrogens with zero attached hydrogens (tertiary/aromatic N) is 1. The number of thiazole rings is 1. The predicted molar refractivity (Wildman–Crippen MR) is 86.7 cm³/mol. The lowest BCUT2D eigenvalue weighted by Crippen LogP contribution is -2.10. The van der Waals surface area contributed by atoms with Gasteiger partial charge in [-0.1, -0.05) is 11.3 Å². The Morgan fingerprint density at radius 1 is 1.45 bits per heavy atom. The zero-order valence-corrected chi connectivity index (χ0v) is 14.1. The summed E-state index contributed by atoms with van der Waals surface area (Å²) in [7, 11) is 0. The quantitative estimate of drug-likeness (QED) is 0.812. The molecule has 0 saturated heterocycles. The third kappa shape index (κ3) is 3.89. The highest BCUT2D eigenvalue weighted by atomic mass is 32.2. The summed E-state index contributed by atoms with van der Waals surface area (Å²) in [5, 5.41) is 2.97. The van der Waals surface area contributed by atoms with Crippen molar-refractivity contribution >= 4 is 40.1 Å². The highest BCUT2D eigenvalue weighted by Gasteiger charge is 2.19. The van der Waals surface area contributed by atoms with E-state index >= 15 is 0 Å². The minimum Gasteiger partial charge on any atom is -0.462 e. The van der Waals surface area contributed by atoms with Gasteiger partial charge in [-0.3, -0.25) is 10.1 Å². The highest BCUT2D eigenvalue weighted by molar-refractivity contribution is 7.97. The molecular weight excluding hydrogens is 324 g/mol. The summed E-state index contributed by atoms with van der Waals surface area (Å²) < 4.78 is 10.4. The molecule has 0 unspecified atom stereocenters. The molecule has 0 aliphatic heterocycles. The number of furan rings is 1. The van der Waals surface area contributed by atoms with Gasteiger partial charge in [0.25, 0.3) is 5.91 Å². The molecule has 0 spiro atoms. The van der Waals surface area contributed by atoms with Crippen LogP contribution in [-0.4, -0.2) is 29.7 Å². The first kappa shape index (κ1) is 16.6. The minimum absolute atomic E-state index is 0.217. The van der Waals surface area contributed by atoms with Crippen molar-refractivity contribution in [3.05, 3.63) is 34.2 Å². The van der Waals surface area contributed by atoms with Gasteiger partial charge >= 0.3 is 5.97 Å². The average molecular weight is 340 g/mol. The first-order chi connectivity index (χ1) is 10.5. The van der Waals surface area contributed by atoms with E-state index in [0.717, 1.165) is 17.1 Å². The maximum Gasteiger partial charge on any atom is 0.350 e. The molecule has 2 aromatic heterocycles. The Morgan fingerprint density at radius 3 is 2.91 bits per heavy atom.